The van der Waals surface area contributed by atoms with E-state index in [0.717, 1.165) is 70.9 Å². The van der Waals surface area contributed by atoms with Gasteiger partial charge in [-0.25, -0.2) is 19.6 Å². The van der Waals surface area contributed by atoms with Gasteiger partial charge in [-0.1, -0.05) is 45.9 Å². The van der Waals surface area contributed by atoms with Gasteiger partial charge in [0.05, 0.1) is 54.1 Å². The second kappa shape index (κ2) is 16.9. The summed E-state index contributed by atoms with van der Waals surface area (Å²) < 4.78 is 9.62. The van der Waals surface area contributed by atoms with E-state index in [1.54, 1.807) is 11.3 Å². The van der Waals surface area contributed by atoms with Gasteiger partial charge in [-0.2, -0.15) is 0 Å². The Morgan fingerprint density at radius 1 is 0.758 bits per heavy atom. The maximum atomic E-state index is 13.8. The largest absolute Gasteiger partial charge is 0.453 e. The molecule has 3 aromatic heterocycles. The Labute approximate surface area is 365 Å². The van der Waals surface area contributed by atoms with E-state index in [2.05, 4.69) is 63.1 Å². The molecule has 14 nitrogen and oxygen atoms in total. The number of thiophene rings is 1. The molecule has 3 fully saturated rings. The fourth-order valence-corrected chi connectivity index (χ4v) is 11.3. The molecule has 2 aliphatic heterocycles. The predicted octanol–water partition coefficient (Wildman–Crippen LogP) is 8.49. The number of hydrogen-bond donors (Lipinski definition) is 4. The first-order valence-electron chi connectivity index (χ1n) is 22.0. The molecule has 5 aromatic rings. The van der Waals surface area contributed by atoms with Crippen LogP contribution in [0.25, 0.3) is 43.2 Å². The summed E-state index contributed by atoms with van der Waals surface area (Å²) in [6.07, 6.45) is 7.46. The number of amides is 4. The minimum Gasteiger partial charge on any atom is -0.453 e. The van der Waals surface area contributed by atoms with Crippen molar-refractivity contribution in [1.29, 1.82) is 0 Å². The molecule has 4 aliphatic rings. The van der Waals surface area contributed by atoms with Crippen LogP contribution >= 0.6 is 11.3 Å². The number of H-pyrrole nitrogens is 2. The highest BCUT2D eigenvalue weighted by atomic mass is 32.1. The summed E-state index contributed by atoms with van der Waals surface area (Å²) >= 11 is 1.76. The van der Waals surface area contributed by atoms with E-state index in [0.29, 0.717) is 24.9 Å². The number of likely N-dealkylation sites (tertiary alicyclic amines) is 2. The maximum Gasteiger partial charge on any atom is 0.407 e. The molecule has 1 saturated carbocycles. The molecule has 6 atom stereocenters. The molecule has 0 spiro atoms. The lowest BCUT2D eigenvalue weighted by Crippen LogP contribution is -2.51. The number of benzene rings is 2. The summed E-state index contributed by atoms with van der Waals surface area (Å²) in [5.74, 6) is 2.27. The number of nitrogens with one attached hydrogen (secondary N) is 4. The number of nitrogens with zero attached hydrogens (tertiary/aromatic N) is 4. The first kappa shape index (κ1) is 41.6. The van der Waals surface area contributed by atoms with Crippen molar-refractivity contribution in [2.75, 3.05) is 27.3 Å². The van der Waals surface area contributed by atoms with Crippen molar-refractivity contribution in [3.8, 4) is 32.1 Å². The molecule has 15 heteroatoms. The maximum absolute atomic E-state index is 13.8. The number of alkyl carbamates (subject to hydrolysis) is 2. The standard InChI is InChI=1S/C47H56N8O6S/c1-24(2)40(52-46(58)60-5)44(56)54-19-7-9-35(54)42-48-23-34(51-42)38-18-17-37(62-38)30-15-14-29(39-28-13-11-26(28)21-31(30)39)27-12-16-32-33(22-27)50-43(49-32)36-10-8-20-55(36)45(57)41(25(3)4)53-47(59)61-6/h12,14-18,22-26,28,35-36,40-41H,7-11,13,19-21H2,1-6H3,(H,48,51)(H,49,50)(H,52,58)(H,53,59). The molecular formula is C47H56N8O6S. The minimum absolute atomic E-state index is 0.102. The van der Waals surface area contributed by atoms with Crippen molar-refractivity contribution >= 4 is 46.4 Å². The van der Waals surface area contributed by atoms with E-state index in [4.69, 9.17) is 19.4 Å². The second-order valence-electron chi connectivity index (χ2n) is 18.0. The fraction of sp³-hybridized carbons (Fsp3) is 0.489. The van der Waals surface area contributed by atoms with Gasteiger partial charge < -0.3 is 39.9 Å². The highest BCUT2D eigenvalue weighted by molar-refractivity contribution is 7.18. The summed E-state index contributed by atoms with van der Waals surface area (Å²) in [7, 11) is 2.61. The third-order valence-electron chi connectivity index (χ3n) is 13.6. The van der Waals surface area contributed by atoms with Crippen LogP contribution in [0.4, 0.5) is 9.59 Å². The van der Waals surface area contributed by atoms with Crippen molar-refractivity contribution in [3.63, 3.8) is 0 Å². The van der Waals surface area contributed by atoms with E-state index < -0.39 is 24.3 Å². The Morgan fingerprint density at radius 2 is 1.39 bits per heavy atom. The molecule has 5 heterocycles. The van der Waals surface area contributed by atoms with Gasteiger partial charge in [-0.15, -0.1) is 11.3 Å². The first-order valence-corrected chi connectivity index (χ1v) is 22.9. The van der Waals surface area contributed by atoms with Crippen LogP contribution in [0, 0.1) is 17.8 Å². The van der Waals surface area contributed by atoms with Gasteiger partial charge in [0.2, 0.25) is 11.8 Å². The number of carbonyl (C=O) groups excluding carboxylic acids is 4. The SMILES string of the molecule is COC(=O)NC(C(=O)N1CCCC1c1ncc(-c2ccc(-c3ccc(-c4ccc5nc(C6CCCN6C(=O)C(NC(=O)OC)C(C)C)[nH]c5c4)c4c3CC3CCC43)s2)[nH]1)C(C)C. The zero-order chi connectivity index (χ0) is 43.4. The van der Waals surface area contributed by atoms with Crippen LogP contribution in [0.15, 0.2) is 48.7 Å². The molecule has 0 bridgehead atoms. The highest BCUT2D eigenvalue weighted by Crippen LogP contribution is 2.56. The zero-order valence-electron chi connectivity index (χ0n) is 36.2. The van der Waals surface area contributed by atoms with Crippen LogP contribution in [-0.4, -0.2) is 93.1 Å². The van der Waals surface area contributed by atoms with Crippen LogP contribution in [0.2, 0.25) is 0 Å². The number of aromatic amines is 2. The number of ether oxygens (including phenoxy) is 2. The number of hydrogen-bond acceptors (Lipinski definition) is 9. The van der Waals surface area contributed by atoms with Gasteiger partial charge in [-0.05, 0) is 121 Å². The lowest BCUT2D eigenvalue weighted by Gasteiger charge is -2.31. The van der Waals surface area contributed by atoms with Crippen molar-refractivity contribution in [1.82, 2.24) is 40.4 Å². The molecule has 2 aliphatic carbocycles. The monoisotopic (exact) mass is 860 g/mol. The van der Waals surface area contributed by atoms with Gasteiger partial charge in [0.25, 0.3) is 0 Å². The van der Waals surface area contributed by atoms with Crippen molar-refractivity contribution < 1.29 is 28.7 Å². The molecular weight excluding hydrogens is 805 g/mol. The summed E-state index contributed by atoms with van der Waals surface area (Å²) in [6, 6.07) is 13.7. The average Bonchev–Trinajstić information content (AvgIpc) is 4.11. The van der Waals surface area contributed by atoms with Gasteiger partial charge in [-0.3, -0.25) is 9.59 Å². The quantitative estimate of drug-likeness (QED) is 0.102. The van der Waals surface area contributed by atoms with E-state index in [1.165, 1.54) is 54.2 Å². The minimum atomic E-state index is -0.687. The Bertz CT molecular complexity index is 2520. The van der Waals surface area contributed by atoms with E-state index in [-0.39, 0.29) is 35.7 Å². The number of methoxy groups -OCH3 is 2. The molecule has 2 aromatic carbocycles. The van der Waals surface area contributed by atoms with Gasteiger partial charge >= 0.3 is 12.2 Å². The predicted molar refractivity (Wildman–Crippen MR) is 237 cm³/mol. The number of carbonyl (C=O) groups is 4. The Kier molecular flexibility index (Phi) is 11.3. The molecule has 62 heavy (non-hydrogen) atoms. The van der Waals surface area contributed by atoms with Crippen molar-refractivity contribution in [2.24, 2.45) is 17.8 Å². The summed E-state index contributed by atoms with van der Waals surface area (Å²) in [6.45, 7) is 8.89. The van der Waals surface area contributed by atoms with Crippen molar-refractivity contribution in [2.45, 2.75) is 103 Å². The third kappa shape index (κ3) is 7.51. The van der Waals surface area contributed by atoms with E-state index in [1.807, 2.05) is 43.7 Å². The van der Waals surface area contributed by atoms with Crippen LogP contribution in [0.3, 0.4) is 0 Å². The van der Waals surface area contributed by atoms with E-state index >= 15 is 0 Å². The average molecular weight is 861 g/mol. The second-order valence-corrected chi connectivity index (χ2v) is 19.1. The fourth-order valence-electron chi connectivity index (χ4n) is 10.2. The van der Waals surface area contributed by atoms with Crippen LogP contribution in [0.1, 0.15) is 107 Å². The first-order chi connectivity index (χ1) is 29.9. The molecule has 4 N–H and O–H groups in total. The van der Waals surface area contributed by atoms with E-state index in [9.17, 15) is 19.2 Å². The summed E-state index contributed by atoms with van der Waals surface area (Å²) in [5, 5.41) is 5.47. The van der Waals surface area contributed by atoms with Gasteiger partial charge in [0, 0.05) is 18.0 Å². The smallest absolute Gasteiger partial charge is 0.407 e. The molecule has 2 saturated heterocycles. The Balaban J connectivity index is 0.959. The number of aromatic nitrogens is 4. The Hall–Kier alpha value is -5.70. The zero-order valence-corrected chi connectivity index (χ0v) is 37.1. The summed E-state index contributed by atoms with van der Waals surface area (Å²) in [4.78, 5) is 74.6. The van der Waals surface area contributed by atoms with Gasteiger partial charge in [0.1, 0.15) is 23.7 Å². The molecule has 9 rings (SSSR count). The van der Waals surface area contributed by atoms with Gasteiger partial charge in [0.15, 0.2) is 0 Å². The lowest BCUT2D eigenvalue weighted by atomic mass is 9.73. The molecule has 326 valence electrons. The number of imidazole rings is 2. The van der Waals surface area contributed by atoms with Crippen LogP contribution in [0.5, 0.6) is 0 Å². The van der Waals surface area contributed by atoms with Crippen LogP contribution in [-0.2, 0) is 25.5 Å². The molecule has 4 amide bonds. The lowest BCUT2D eigenvalue weighted by molar-refractivity contribution is -0.136. The number of rotatable bonds is 11. The van der Waals surface area contributed by atoms with Crippen molar-refractivity contribution in [3.05, 3.63) is 71.4 Å². The number of fused-ring (bicyclic) bond motifs is 4. The molecule has 6 unspecified atom stereocenters. The topological polar surface area (TPSA) is 175 Å². The third-order valence-corrected chi connectivity index (χ3v) is 14.8. The normalized spacial score (nSPS) is 21.5. The highest BCUT2D eigenvalue weighted by Gasteiger charge is 2.43. The van der Waals surface area contributed by atoms with Crippen LogP contribution < -0.4 is 10.6 Å². The molecule has 0 radical (unpaired) electrons. The Morgan fingerprint density at radius 3 is 2.00 bits per heavy atom. The summed E-state index contributed by atoms with van der Waals surface area (Å²) in [5.41, 5.74) is 9.35.